The smallest absolute Gasteiger partial charge is 0.240 e. The highest BCUT2D eigenvalue weighted by molar-refractivity contribution is 7.10. The molecule has 2 heterocycles. The summed E-state index contributed by atoms with van der Waals surface area (Å²) in [5.74, 6) is 0.901. The number of ether oxygens (including phenoxy) is 1. The Morgan fingerprint density at radius 1 is 1.18 bits per heavy atom. The van der Waals surface area contributed by atoms with E-state index in [0.717, 1.165) is 41.3 Å². The third kappa shape index (κ3) is 4.04. The maximum atomic E-state index is 13.0. The van der Waals surface area contributed by atoms with Crippen molar-refractivity contribution in [3.05, 3.63) is 82.0 Å². The average molecular weight is 393 g/mol. The molecule has 0 saturated heterocycles. The van der Waals surface area contributed by atoms with Gasteiger partial charge in [0.25, 0.3) is 0 Å². The number of methoxy groups -OCH3 is 1. The molecule has 1 aromatic heterocycles. The zero-order chi connectivity index (χ0) is 19.3. The molecule has 0 bridgehead atoms. The number of rotatable bonds is 6. The monoisotopic (exact) mass is 392 g/mol. The van der Waals surface area contributed by atoms with Gasteiger partial charge in [-0.3, -0.25) is 4.79 Å². The highest BCUT2D eigenvalue weighted by Gasteiger charge is 2.22. The number of carbonyl (C=O) groups excluding carboxylic acids is 1. The van der Waals surface area contributed by atoms with E-state index in [1.807, 2.05) is 35.7 Å². The van der Waals surface area contributed by atoms with Crippen LogP contribution < -0.4 is 15.0 Å². The van der Waals surface area contributed by atoms with Gasteiger partial charge in [-0.1, -0.05) is 36.4 Å². The van der Waals surface area contributed by atoms with Gasteiger partial charge in [-0.05, 0) is 53.6 Å². The average Bonchev–Trinajstić information content (AvgIpc) is 3.27. The van der Waals surface area contributed by atoms with Gasteiger partial charge >= 0.3 is 0 Å². The van der Waals surface area contributed by atoms with Crippen molar-refractivity contribution in [2.45, 2.75) is 18.9 Å². The van der Waals surface area contributed by atoms with E-state index in [9.17, 15) is 4.79 Å². The van der Waals surface area contributed by atoms with Gasteiger partial charge in [0.1, 0.15) is 5.75 Å². The highest BCUT2D eigenvalue weighted by atomic mass is 32.1. The number of carbonyl (C=O) groups is 1. The molecule has 5 heteroatoms. The molecular formula is C23H24N2O2S. The lowest BCUT2D eigenvalue weighted by molar-refractivity contribution is -0.120. The molecule has 1 aliphatic rings. The number of anilines is 1. The number of nitrogens with one attached hydrogen (secondary N) is 1. The Morgan fingerprint density at radius 2 is 2.04 bits per heavy atom. The third-order valence-corrected chi connectivity index (χ3v) is 6.04. The Bertz CT molecular complexity index is 925. The number of nitrogens with zero attached hydrogens (tertiary/aromatic N) is 1. The van der Waals surface area contributed by atoms with Gasteiger partial charge in [-0.2, -0.15) is 0 Å². The second-order valence-corrected chi connectivity index (χ2v) is 7.93. The van der Waals surface area contributed by atoms with E-state index in [1.54, 1.807) is 18.4 Å². The van der Waals surface area contributed by atoms with Crippen molar-refractivity contribution in [2.75, 3.05) is 25.1 Å². The summed E-state index contributed by atoms with van der Waals surface area (Å²) in [5.41, 5.74) is 3.48. The van der Waals surface area contributed by atoms with Crippen LogP contribution in [0.15, 0.2) is 66.0 Å². The SMILES string of the molecule is COc1ccc2c(c1)CCCN2CC(=O)N[C@@H](c1ccccc1)c1cccs1. The second kappa shape index (κ2) is 8.48. The zero-order valence-electron chi connectivity index (χ0n) is 15.9. The molecule has 3 aromatic rings. The minimum atomic E-state index is -0.117. The quantitative estimate of drug-likeness (QED) is 0.675. The molecule has 4 rings (SSSR count). The summed E-state index contributed by atoms with van der Waals surface area (Å²) < 4.78 is 5.34. The molecule has 0 saturated carbocycles. The number of fused-ring (bicyclic) bond motifs is 1. The van der Waals surface area contributed by atoms with Gasteiger partial charge in [0.15, 0.2) is 0 Å². The molecule has 0 spiro atoms. The first kappa shape index (κ1) is 18.6. The molecule has 1 atom stereocenters. The third-order valence-electron chi connectivity index (χ3n) is 5.10. The van der Waals surface area contributed by atoms with Crippen molar-refractivity contribution in [1.82, 2.24) is 5.32 Å². The molecule has 1 aliphatic heterocycles. The number of benzene rings is 2. The predicted octanol–water partition coefficient (Wildman–Crippen LogP) is 4.42. The summed E-state index contributed by atoms with van der Waals surface area (Å²) in [4.78, 5) is 16.3. The van der Waals surface area contributed by atoms with E-state index in [0.29, 0.717) is 6.54 Å². The molecule has 4 nitrogen and oxygen atoms in total. The van der Waals surface area contributed by atoms with Crippen molar-refractivity contribution >= 4 is 22.9 Å². The largest absolute Gasteiger partial charge is 0.497 e. The number of hydrogen-bond donors (Lipinski definition) is 1. The zero-order valence-corrected chi connectivity index (χ0v) is 16.7. The van der Waals surface area contributed by atoms with E-state index >= 15 is 0 Å². The molecule has 0 radical (unpaired) electrons. The Balaban J connectivity index is 1.51. The number of thiophene rings is 1. The Kier molecular flexibility index (Phi) is 5.63. The molecule has 28 heavy (non-hydrogen) atoms. The van der Waals surface area contributed by atoms with Crippen LogP contribution in [-0.4, -0.2) is 26.1 Å². The highest BCUT2D eigenvalue weighted by Crippen LogP contribution is 2.31. The molecule has 2 aromatic carbocycles. The van der Waals surface area contributed by atoms with Crippen LogP contribution in [0.1, 0.15) is 28.5 Å². The molecule has 1 amide bonds. The summed E-state index contributed by atoms with van der Waals surface area (Å²) >= 11 is 1.66. The lowest BCUT2D eigenvalue weighted by atomic mass is 10.0. The van der Waals surface area contributed by atoms with Crippen molar-refractivity contribution < 1.29 is 9.53 Å². The number of amides is 1. The fourth-order valence-electron chi connectivity index (χ4n) is 3.74. The molecular weight excluding hydrogens is 368 g/mol. The van der Waals surface area contributed by atoms with Crippen LogP contribution in [0.4, 0.5) is 5.69 Å². The fraction of sp³-hybridized carbons (Fsp3) is 0.261. The lowest BCUT2D eigenvalue weighted by Crippen LogP contribution is -2.41. The summed E-state index contributed by atoms with van der Waals surface area (Å²) in [6.07, 6.45) is 2.06. The van der Waals surface area contributed by atoms with Crippen LogP contribution >= 0.6 is 11.3 Å². The summed E-state index contributed by atoms with van der Waals surface area (Å²) in [5, 5.41) is 5.29. The summed E-state index contributed by atoms with van der Waals surface area (Å²) in [6, 6.07) is 20.2. The van der Waals surface area contributed by atoms with Crippen LogP contribution in [0.3, 0.4) is 0 Å². The molecule has 0 unspecified atom stereocenters. The van der Waals surface area contributed by atoms with E-state index in [4.69, 9.17) is 4.74 Å². The van der Waals surface area contributed by atoms with E-state index < -0.39 is 0 Å². The first-order chi connectivity index (χ1) is 13.7. The Labute approximate surface area is 169 Å². The summed E-state index contributed by atoms with van der Waals surface area (Å²) in [7, 11) is 1.68. The maximum absolute atomic E-state index is 13.0. The Hall–Kier alpha value is -2.79. The predicted molar refractivity (Wildman–Crippen MR) is 114 cm³/mol. The van der Waals surface area contributed by atoms with Gasteiger partial charge in [-0.25, -0.2) is 0 Å². The van der Waals surface area contributed by atoms with E-state index in [1.165, 1.54) is 5.56 Å². The van der Waals surface area contributed by atoms with Crippen LogP contribution in [0.25, 0.3) is 0 Å². The second-order valence-electron chi connectivity index (χ2n) is 6.95. The van der Waals surface area contributed by atoms with E-state index in [2.05, 4.69) is 40.5 Å². The number of hydrogen-bond acceptors (Lipinski definition) is 4. The molecule has 1 N–H and O–H groups in total. The van der Waals surface area contributed by atoms with Crippen molar-refractivity contribution in [3.8, 4) is 5.75 Å². The lowest BCUT2D eigenvalue weighted by Gasteiger charge is -2.31. The molecule has 0 aliphatic carbocycles. The first-order valence-corrected chi connectivity index (χ1v) is 10.4. The summed E-state index contributed by atoms with van der Waals surface area (Å²) in [6.45, 7) is 1.25. The van der Waals surface area contributed by atoms with Crippen molar-refractivity contribution in [1.29, 1.82) is 0 Å². The van der Waals surface area contributed by atoms with Crippen LogP contribution in [0.5, 0.6) is 5.75 Å². The Morgan fingerprint density at radius 3 is 2.79 bits per heavy atom. The van der Waals surface area contributed by atoms with Gasteiger partial charge in [-0.15, -0.1) is 11.3 Å². The fourth-order valence-corrected chi connectivity index (χ4v) is 4.54. The molecule has 144 valence electrons. The van der Waals surface area contributed by atoms with Gasteiger partial charge in [0.05, 0.1) is 19.7 Å². The minimum absolute atomic E-state index is 0.0333. The van der Waals surface area contributed by atoms with E-state index in [-0.39, 0.29) is 11.9 Å². The van der Waals surface area contributed by atoms with Gasteiger partial charge < -0.3 is 15.0 Å². The standard InChI is InChI=1S/C23H24N2O2S/c1-27-19-11-12-20-18(15-19)9-5-13-25(20)16-22(26)24-23(21-10-6-14-28-21)17-7-3-2-4-8-17/h2-4,6-8,10-12,14-15,23H,5,9,13,16H2,1H3,(H,24,26)/t23-/m0/s1. The first-order valence-electron chi connectivity index (χ1n) is 9.54. The van der Waals surface area contributed by atoms with Crippen molar-refractivity contribution in [2.24, 2.45) is 0 Å². The topological polar surface area (TPSA) is 41.6 Å². The van der Waals surface area contributed by atoms with Crippen LogP contribution in [0.2, 0.25) is 0 Å². The normalized spacial score (nSPS) is 14.2. The van der Waals surface area contributed by atoms with Crippen molar-refractivity contribution in [3.63, 3.8) is 0 Å². The van der Waals surface area contributed by atoms with Gasteiger partial charge in [0.2, 0.25) is 5.91 Å². The minimum Gasteiger partial charge on any atom is -0.497 e. The van der Waals surface area contributed by atoms with Crippen LogP contribution in [0, 0.1) is 0 Å². The maximum Gasteiger partial charge on any atom is 0.240 e. The van der Waals surface area contributed by atoms with Gasteiger partial charge in [0, 0.05) is 17.1 Å². The number of aryl methyl sites for hydroxylation is 1. The van der Waals surface area contributed by atoms with Crippen LogP contribution in [-0.2, 0) is 11.2 Å². The molecule has 0 fully saturated rings.